The first-order chi connectivity index (χ1) is 9.67. The van der Waals surface area contributed by atoms with Gasteiger partial charge in [-0.2, -0.15) is 0 Å². The molecule has 0 saturated heterocycles. The summed E-state index contributed by atoms with van der Waals surface area (Å²) in [6, 6.07) is 6.92. The minimum atomic E-state index is -0.498. The van der Waals surface area contributed by atoms with Crippen molar-refractivity contribution in [1.29, 1.82) is 0 Å². The van der Waals surface area contributed by atoms with Gasteiger partial charge in [-0.3, -0.25) is 4.98 Å². The highest BCUT2D eigenvalue weighted by molar-refractivity contribution is 6.35. The Morgan fingerprint density at radius 2 is 2.30 bits per heavy atom. The van der Waals surface area contributed by atoms with Crippen molar-refractivity contribution in [2.45, 2.75) is 13.0 Å². The first-order valence-electron chi connectivity index (χ1n) is 6.33. The van der Waals surface area contributed by atoms with E-state index in [0.29, 0.717) is 11.6 Å². The highest BCUT2D eigenvalue weighted by Gasteiger charge is 2.17. The van der Waals surface area contributed by atoms with Crippen molar-refractivity contribution in [3.05, 3.63) is 41.0 Å². The van der Waals surface area contributed by atoms with Gasteiger partial charge in [0.1, 0.15) is 0 Å². The molecule has 1 atom stereocenters. The van der Waals surface area contributed by atoms with E-state index in [1.165, 1.54) is 0 Å². The van der Waals surface area contributed by atoms with E-state index in [9.17, 15) is 4.79 Å². The molecule has 3 N–H and O–H groups in total. The fourth-order valence-electron chi connectivity index (χ4n) is 2.02. The summed E-state index contributed by atoms with van der Waals surface area (Å²) in [7, 11) is 0. The molecule has 1 amide bonds. The molecule has 20 heavy (non-hydrogen) atoms. The number of carbonyl (C=O) groups excluding carboxylic acids is 1. The van der Waals surface area contributed by atoms with Gasteiger partial charge in [0.2, 0.25) is 0 Å². The molecular weight excluding hydrogens is 278 g/mol. The number of benzene rings is 1. The molecule has 0 bridgehead atoms. The van der Waals surface area contributed by atoms with Crippen LogP contribution in [-0.2, 0) is 4.74 Å². The Labute approximate surface area is 122 Å². The zero-order valence-electron chi connectivity index (χ0n) is 11.1. The molecule has 1 unspecified atom stereocenters. The van der Waals surface area contributed by atoms with Crippen LogP contribution in [0.5, 0.6) is 0 Å². The third kappa shape index (κ3) is 3.00. The number of rotatable bonds is 4. The van der Waals surface area contributed by atoms with Gasteiger partial charge in [0.25, 0.3) is 0 Å². The molecule has 0 aliphatic rings. The average molecular weight is 294 g/mol. The monoisotopic (exact) mass is 293 g/mol. The predicted molar refractivity (Wildman–Crippen MR) is 78.7 cm³/mol. The summed E-state index contributed by atoms with van der Waals surface area (Å²) >= 11 is 6.15. The average Bonchev–Trinajstić information content (AvgIpc) is 2.46. The summed E-state index contributed by atoms with van der Waals surface area (Å²) in [5.41, 5.74) is 7.30. The molecule has 1 aromatic heterocycles. The number of ether oxygens (including phenoxy) is 1. The standard InChI is InChI=1S/C14H16ClN3O2/c1-2-20-14(19)18-12(8-16)10-5-6-11(15)9-4-3-7-17-13(9)10/h3-7,12H,2,8,16H2,1H3,(H,18,19). The Hall–Kier alpha value is -1.85. The number of amides is 1. The number of hydrogen-bond acceptors (Lipinski definition) is 4. The van der Waals surface area contributed by atoms with E-state index in [1.807, 2.05) is 18.2 Å². The number of nitrogens with two attached hydrogens (primary N) is 1. The lowest BCUT2D eigenvalue weighted by atomic mass is 10.0. The highest BCUT2D eigenvalue weighted by atomic mass is 35.5. The van der Waals surface area contributed by atoms with Gasteiger partial charge < -0.3 is 15.8 Å². The van der Waals surface area contributed by atoms with Crippen LogP contribution in [0.3, 0.4) is 0 Å². The van der Waals surface area contributed by atoms with Crippen LogP contribution in [-0.4, -0.2) is 24.2 Å². The lowest BCUT2D eigenvalue weighted by Gasteiger charge is -2.18. The normalized spacial score (nSPS) is 12.2. The summed E-state index contributed by atoms with van der Waals surface area (Å²) in [6.07, 6.45) is 1.18. The molecule has 0 aliphatic carbocycles. The fraction of sp³-hybridized carbons (Fsp3) is 0.286. The Balaban J connectivity index is 2.40. The van der Waals surface area contributed by atoms with E-state index in [1.54, 1.807) is 19.2 Å². The maximum atomic E-state index is 11.6. The lowest BCUT2D eigenvalue weighted by molar-refractivity contribution is 0.148. The molecule has 1 aromatic carbocycles. The zero-order chi connectivity index (χ0) is 14.5. The first-order valence-corrected chi connectivity index (χ1v) is 6.71. The second-order valence-electron chi connectivity index (χ2n) is 4.19. The van der Waals surface area contributed by atoms with Crippen molar-refractivity contribution in [3.8, 4) is 0 Å². The zero-order valence-corrected chi connectivity index (χ0v) is 11.9. The summed E-state index contributed by atoms with van der Waals surface area (Å²) in [5.74, 6) is 0. The van der Waals surface area contributed by atoms with Crippen molar-refractivity contribution >= 4 is 28.6 Å². The van der Waals surface area contributed by atoms with Crippen molar-refractivity contribution < 1.29 is 9.53 Å². The topological polar surface area (TPSA) is 77.2 Å². The Kier molecular flexibility index (Phi) is 4.76. The quantitative estimate of drug-likeness (QED) is 0.908. The number of hydrogen-bond donors (Lipinski definition) is 2. The van der Waals surface area contributed by atoms with Gasteiger partial charge in [-0.25, -0.2) is 4.79 Å². The number of fused-ring (bicyclic) bond motifs is 1. The maximum Gasteiger partial charge on any atom is 0.407 e. The minimum Gasteiger partial charge on any atom is -0.450 e. The van der Waals surface area contributed by atoms with Gasteiger partial charge in [0.15, 0.2) is 0 Å². The fourth-order valence-corrected chi connectivity index (χ4v) is 2.24. The van der Waals surface area contributed by atoms with Crippen molar-refractivity contribution in [3.63, 3.8) is 0 Å². The first kappa shape index (κ1) is 14.6. The van der Waals surface area contributed by atoms with Gasteiger partial charge in [-0.15, -0.1) is 0 Å². The molecule has 0 saturated carbocycles. The molecule has 2 aromatic rings. The second-order valence-corrected chi connectivity index (χ2v) is 4.60. The summed E-state index contributed by atoms with van der Waals surface area (Å²) < 4.78 is 4.88. The van der Waals surface area contributed by atoms with Gasteiger partial charge in [-0.1, -0.05) is 17.7 Å². The van der Waals surface area contributed by atoms with E-state index in [0.717, 1.165) is 16.5 Å². The smallest absolute Gasteiger partial charge is 0.407 e. The molecule has 0 spiro atoms. The maximum absolute atomic E-state index is 11.6. The van der Waals surface area contributed by atoms with Crippen LogP contribution in [0.4, 0.5) is 4.79 Å². The molecule has 6 heteroatoms. The summed E-state index contributed by atoms with van der Waals surface area (Å²) in [5, 5.41) is 4.17. The van der Waals surface area contributed by atoms with Gasteiger partial charge in [0.05, 0.1) is 18.2 Å². The van der Waals surface area contributed by atoms with Crippen LogP contribution in [0.2, 0.25) is 5.02 Å². The van der Waals surface area contributed by atoms with Gasteiger partial charge in [-0.05, 0) is 25.1 Å². The largest absolute Gasteiger partial charge is 0.450 e. The van der Waals surface area contributed by atoms with Crippen LogP contribution >= 0.6 is 11.6 Å². The number of halogens is 1. The van der Waals surface area contributed by atoms with Gasteiger partial charge >= 0.3 is 6.09 Å². The van der Waals surface area contributed by atoms with Crippen LogP contribution in [0, 0.1) is 0 Å². The Morgan fingerprint density at radius 3 is 3.00 bits per heavy atom. The van der Waals surface area contributed by atoms with E-state index in [4.69, 9.17) is 22.1 Å². The van der Waals surface area contributed by atoms with E-state index in [-0.39, 0.29) is 12.6 Å². The lowest BCUT2D eigenvalue weighted by Crippen LogP contribution is -2.34. The van der Waals surface area contributed by atoms with E-state index in [2.05, 4.69) is 10.3 Å². The number of nitrogens with zero attached hydrogens (tertiary/aromatic N) is 1. The third-order valence-electron chi connectivity index (χ3n) is 2.93. The van der Waals surface area contributed by atoms with Crippen LogP contribution in [0.15, 0.2) is 30.5 Å². The molecule has 0 fully saturated rings. The molecule has 1 heterocycles. The predicted octanol–water partition coefficient (Wildman–Crippen LogP) is 2.63. The Bertz CT molecular complexity index is 618. The Morgan fingerprint density at radius 1 is 1.50 bits per heavy atom. The summed E-state index contributed by atoms with van der Waals surface area (Å²) in [6.45, 7) is 2.30. The number of nitrogens with one attached hydrogen (secondary N) is 1. The molecular formula is C14H16ClN3O2. The van der Waals surface area contributed by atoms with Gasteiger partial charge in [0, 0.05) is 28.7 Å². The van der Waals surface area contributed by atoms with Crippen molar-refractivity contribution in [1.82, 2.24) is 10.3 Å². The summed E-state index contributed by atoms with van der Waals surface area (Å²) in [4.78, 5) is 15.9. The number of pyridine rings is 1. The molecule has 2 rings (SSSR count). The molecule has 106 valence electrons. The number of alkyl carbamates (subject to hydrolysis) is 1. The van der Waals surface area contributed by atoms with Crippen LogP contribution in [0.25, 0.3) is 10.9 Å². The number of carbonyl (C=O) groups is 1. The molecule has 5 nitrogen and oxygen atoms in total. The van der Waals surface area contributed by atoms with E-state index < -0.39 is 6.09 Å². The molecule has 0 radical (unpaired) electrons. The van der Waals surface area contributed by atoms with Crippen LogP contribution in [0.1, 0.15) is 18.5 Å². The van der Waals surface area contributed by atoms with Crippen molar-refractivity contribution in [2.24, 2.45) is 5.73 Å². The third-order valence-corrected chi connectivity index (χ3v) is 3.26. The SMILES string of the molecule is CCOC(=O)NC(CN)c1ccc(Cl)c2cccnc12. The highest BCUT2D eigenvalue weighted by Crippen LogP contribution is 2.28. The number of aromatic nitrogens is 1. The van der Waals surface area contributed by atoms with Crippen LogP contribution < -0.4 is 11.1 Å². The second kappa shape index (κ2) is 6.54. The minimum absolute atomic E-state index is 0.242. The van der Waals surface area contributed by atoms with E-state index >= 15 is 0 Å². The molecule has 0 aliphatic heterocycles. The van der Waals surface area contributed by atoms with Crippen molar-refractivity contribution in [2.75, 3.05) is 13.2 Å².